The summed E-state index contributed by atoms with van der Waals surface area (Å²) < 4.78 is 16.9. The number of allylic oxidation sites excluding steroid dienone is 1. The van der Waals surface area contributed by atoms with Gasteiger partial charge in [0.25, 0.3) is 0 Å². The molecular formula is C28H31N3O4. The largest absolute Gasteiger partial charge is 0.489 e. The zero-order chi connectivity index (χ0) is 24.2. The molecule has 0 radical (unpaired) electrons. The van der Waals surface area contributed by atoms with Gasteiger partial charge in [-0.25, -0.2) is 20.2 Å². The van der Waals surface area contributed by atoms with Gasteiger partial charge < -0.3 is 14.2 Å². The molecule has 0 aromatic heterocycles. The molecule has 0 saturated heterocycles. The van der Waals surface area contributed by atoms with Crippen LogP contribution in [0.2, 0.25) is 0 Å². The minimum Gasteiger partial charge on any atom is -0.489 e. The fraction of sp³-hybridized carbons (Fsp3) is 0.357. The van der Waals surface area contributed by atoms with Crippen LogP contribution < -0.4 is 10.2 Å². The third-order valence-electron chi connectivity index (χ3n) is 6.77. The number of carbonyl (C=O) groups excluding carboxylic acids is 1. The number of fused-ring (bicyclic) bond motifs is 1. The van der Waals surface area contributed by atoms with Crippen molar-refractivity contribution in [2.45, 2.75) is 44.8 Å². The van der Waals surface area contributed by atoms with Crippen molar-refractivity contribution in [3.8, 4) is 5.75 Å². The number of nitrogens with zero attached hydrogens (tertiary/aromatic N) is 2. The summed E-state index contributed by atoms with van der Waals surface area (Å²) in [6, 6.07) is 17.6. The second-order valence-corrected chi connectivity index (χ2v) is 9.01. The fourth-order valence-electron chi connectivity index (χ4n) is 4.99. The van der Waals surface area contributed by atoms with Crippen LogP contribution in [-0.4, -0.2) is 37.0 Å². The molecule has 0 amide bonds. The highest BCUT2D eigenvalue weighted by Crippen LogP contribution is 2.39. The van der Waals surface area contributed by atoms with Crippen LogP contribution in [0.25, 0.3) is 0 Å². The molecule has 1 aliphatic carbocycles. The first-order valence-electron chi connectivity index (χ1n) is 12.2. The van der Waals surface area contributed by atoms with Crippen LogP contribution in [0.15, 0.2) is 82.9 Å². The SMILES string of the molecule is COC(=O)C1C=C2N=C(c3ccc(OCc4ccccc4)cc3)C(C3CCCCC3)=C(OC)N2N1. The van der Waals surface area contributed by atoms with Crippen molar-refractivity contribution in [3.63, 3.8) is 0 Å². The number of hydrogen-bond donors (Lipinski definition) is 1. The number of ether oxygens (including phenoxy) is 3. The lowest BCUT2D eigenvalue weighted by Gasteiger charge is -2.34. The second-order valence-electron chi connectivity index (χ2n) is 9.01. The van der Waals surface area contributed by atoms with E-state index < -0.39 is 6.04 Å². The van der Waals surface area contributed by atoms with E-state index in [9.17, 15) is 4.79 Å². The molecule has 2 aromatic carbocycles. The lowest BCUT2D eigenvalue weighted by Crippen LogP contribution is -2.44. The van der Waals surface area contributed by atoms with Crippen molar-refractivity contribution in [2.75, 3.05) is 14.2 Å². The summed E-state index contributed by atoms with van der Waals surface area (Å²) in [5.41, 5.74) is 7.28. The average molecular weight is 474 g/mol. The predicted octanol–water partition coefficient (Wildman–Crippen LogP) is 4.71. The molecule has 2 aliphatic heterocycles. The van der Waals surface area contributed by atoms with Crippen LogP contribution >= 0.6 is 0 Å². The maximum absolute atomic E-state index is 12.2. The molecule has 2 aromatic rings. The van der Waals surface area contributed by atoms with E-state index in [-0.39, 0.29) is 5.97 Å². The van der Waals surface area contributed by atoms with Crippen molar-refractivity contribution in [2.24, 2.45) is 10.9 Å². The number of aliphatic imine (C=N–C) groups is 1. The molecule has 3 aliphatic rings. The van der Waals surface area contributed by atoms with E-state index >= 15 is 0 Å². The van der Waals surface area contributed by atoms with Crippen LogP contribution in [0.4, 0.5) is 0 Å². The molecule has 1 fully saturated rings. The highest BCUT2D eigenvalue weighted by atomic mass is 16.5. The lowest BCUT2D eigenvalue weighted by molar-refractivity contribution is -0.142. The van der Waals surface area contributed by atoms with Crippen LogP contribution in [0.5, 0.6) is 5.75 Å². The zero-order valence-corrected chi connectivity index (χ0v) is 20.2. The van der Waals surface area contributed by atoms with Crippen LogP contribution in [0.1, 0.15) is 43.2 Å². The maximum Gasteiger partial charge on any atom is 0.328 e. The first kappa shape index (κ1) is 23.2. The molecule has 182 valence electrons. The highest BCUT2D eigenvalue weighted by molar-refractivity contribution is 6.14. The third kappa shape index (κ3) is 4.82. The summed E-state index contributed by atoms with van der Waals surface area (Å²) in [5.74, 6) is 2.11. The van der Waals surface area contributed by atoms with Crippen molar-refractivity contribution in [3.05, 3.63) is 89.1 Å². The average Bonchev–Trinajstić information content (AvgIpc) is 3.36. The number of rotatable bonds is 7. The molecule has 0 bridgehead atoms. The minimum absolute atomic E-state index is 0.340. The van der Waals surface area contributed by atoms with Gasteiger partial charge in [-0.2, -0.15) is 0 Å². The summed E-state index contributed by atoms with van der Waals surface area (Å²) in [5, 5.41) is 1.78. The minimum atomic E-state index is -0.607. The number of hydrogen-bond acceptors (Lipinski definition) is 7. The van der Waals surface area contributed by atoms with Gasteiger partial charge in [0, 0.05) is 11.1 Å². The zero-order valence-electron chi connectivity index (χ0n) is 20.2. The Labute approximate surface area is 206 Å². The normalized spacial score (nSPS) is 20.2. The number of esters is 1. The Balaban J connectivity index is 1.46. The van der Waals surface area contributed by atoms with E-state index in [4.69, 9.17) is 19.2 Å². The van der Waals surface area contributed by atoms with E-state index in [1.54, 1.807) is 18.2 Å². The van der Waals surface area contributed by atoms with Crippen molar-refractivity contribution >= 4 is 11.7 Å². The lowest BCUT2D eigenvalue weighted by atomic mass is 9.80. The standard InChI is InChI=1S/C28H31N3O4/c1-33-27-25(20-11-7-4-8-12-20)26(29-24-17-23(28(32)34-2)30-31(24)27)21-13-15-22(16-14-21)35-18-19-9-5-3-6-10-19/h3,5-6,9-10,13-17,20,23,30H,4,7-8,11-12,18H2,1-2H3. The highest BCUT2D eigenvalue weighted by Gasteiger charge is 2.39. The van der Waals surface area contributed by atoms with Gasteiger partial charge in [0.2, 0.25) is 5.88 Å². The van der Waals surface area contributed by atoms with Crippen LogP contribution in [0, 0.1) is 5.92 Å². The molecule has 7 nitrogen and oxygen atoms in total. The second kappa shape index (κ2) is 10.4. The van der Waals surface area contributed by atoms with E-state index in [0.717, 1.165) is 41.0 Å². The maximum atomic E-state index is 12.2. The molecule has 0 spiro atoms. The molecule has 2 heterocycles. The Morgan fingerprint density at radius 3 is 2.46 bits per heavy atom. The van der Waals surface area contributed by atoms with Crippen LogP contribution in [-0.2, 0) is 20.9 Å². The van der Waals surface area contributed by atoms with E-state index in [1.165, 1.54) is 26.4 Å². The molecule has 1 N–H and O–H groups in total. The number of carbonyl (C=O) groups is 1. The van der Waals surface area contributed by atoms with Crippen LogP contribution in [0.3, 0.4) is 0 Å². The van der Waals surface area contributed by atoms with E-state index in [0.29, 0.717) is 24.2 Å². The number of nitrogens with one attached hydrogen (secondary N) is 1. The first-order chi connectivity index (χ1) is 17.2. The molecule has 1 unspecified atom stereocenters. The van der Waals surface area contributed by atoms with Crippen molar-refractivity contribution in [1.82, 2.24) is 10.4 Å². The summed E-state index contributed by atoms with van der Waals surface area (Å²) in [6.45, 7) is 0.518. The van der Waals surface area contributed by atoms with E-state index in [2.05, 4.69) is 17.6 Å². The number of hydrazine groups is 1. The Kier molecular flexibility index (Phi) is 6.86. The fourth-order valence-corrected chi connectivity index (χ4v) is 4.99. The van der Waals surface area contributed by atoms with Crippen molar-refractivity contribution in [1.29, 1.82) is 0 Å². The third-order valence-corrected chi connectivity index (χ3v) is 6.77. The number of methoxy groups -OCH3 is 2. The Morgan fingerprint density at radius 2 is 1.77 bits per heavy atom. The molecule has 5 rings (SSSR count). The quantitative estimate of drug-likeness (QED) is 0.588. The topological polar surface area (TPSA) is 72.4 Å². The van der Waals surface area contributed by atoms with Gasteiger partial charge in [-0.15, -0.1) is 0 Å². The number of benzene rings is 2. The summed E-state index contributed by atoms with van der Waals surface area (Å²) >= 11 is 0. The Bertz CT molecular complexity index is 1150. The van der Waals surface area contributed by atoms with Gasteiger partial charge in [-0.1, -0.05) is 49.6 Å². The summed E-state index contributed by atoms with van der Waals surface area (Å²) in [7, 11) is 3.06. The monoisotopic (exact) mass is 473 g/mol. The van der Waals surface area contributed by atoms with Gasteiger partial charge in [0.05, 0.1) is 19.9 Å². The van der Waals surface area contributed by atoms with Crippen molar-refractivity contribution < 1.29 is 19.0 Å². The van der Waals surface area contributed by atoms with E-state index in [1.807, 2.05) is 42.5 Å². The molecule has 1 atom stereocenters. The molecule has 1 saturated carbocycles. The molecule has 35 heavy (non-hydrogen) atoms. The molecular weight excluding hydrogens is 442 g/mol. The molecule has 7 heteroatoms. The van der Waals surface area contributed by atoms with Gasteiger partial charge in [-0.05, 0) is 54.7 Å². The summed E-state index contributed by atoms with van der Waals surface area (Å²) in [4.78, 5) is 17.2. The summed E-state index contributed by atoms with van der Waals surface area (Å²) in [6.07, 6.45) is 7.58. The van der Waals surface area contributed by atoms with Gasteiger partial charge in [0.15, 0.2) is 0 Å². The smallest absolute Gasteiger partial charge is 0.328 e. The van der Waals surface area contributed by atoms with Gasteiger partial charge in [-0.3, -0.25) is 0 Å². The Hall–Kier alpha value is -3.58. The first-order valence-corrected chi connectivity index (χ1v) is 12.2. The van der Waals surface area contributed by atoms with Gasteiger partial charge >= 0.3 is 5.97 Å². The predicted molar refractivity (Wildman–Crippen MR) is 133 cm³/mol. The van der Waals surface area contributed by atoms with Gasteiger partial charge in [0.1, 0.15) is 24.2 Å². The Morgan fingerprint density at radius 1 is 1.03 bits per heavy atom.